The largest absolute Gasteiger partial charge is 0.459 e. The Balaban J connectivity index is 1.41. The highest BCUT2D eigenvalue weighted by atomic mass is 16.3. The standard InChI is InChI=1S/C22H20N2O4/c1-14(19-12-17-4-2-3-5-18(17)28-19)23-22(27)16-8-6-15(7-9-16)13-24-20(25)10-11-21(24)26/h2-9,12,14H,10-11,13H2,1H3,(H,23,27). The van der Waals surface area contributed by atoms with E-state index in [0.717, 1.165) is 16.5 Å². The van der Waals surface area contributed by atoms with E-state index in [2.05, 4.69) is 5.32 Å². The molecule has 6 heteroatoms. The second kappa shape index (κ2) is 7.31. The average Bonchev–Trinajstić information content (AvgIpc) is 3.27. The van der Waals surface area contributed by atoms with Crippen molar-refractivity contribution in [2.24, 2.45) is 0 Å². The maximum Gasteiger partial charge on any atom is 0.251 e. The van der Waals surface area contributed by atoms with Crippen molar-refractivity contribution in [1.29, 1.82) is 0 Å². The molecule has 0 saturated carbocycles. The molecule has 0 radical (unpaired) electrons. The smallest absolute Gasteiger partial charge is 0.251 e. The van der Waals surface area contributed by atoms with Crippen molar-refractivity contribution in [2.75, 3.05) is 0 Å². The molecule has 2 aromatic carbocycles. The number of fused-ring (bicyclic) bond motifs is 1. The number of benzene rings is 2. The molecule has 1 aromatic heterocycles. The van der Waals surface area contributed by atoms with E-state index < -0.39 is 0 Å². The minimum atomic E-state index is -0.278. The molecule has 2 heterocycles. The zero-order valence-electron chi connectivity index (χ0n) is 15.5. The normalized spacial score (nSPS) is 15.2. The molecule has 3 amide bonds. The number of carbonyl (C=O) groups excluding carboxylic acids is 3. The molecule has 1 unspecified atom stereocenters. The molecule has 1 fully saturated rings. The molecule has 3 aromatic rings. The summed E-state index contributed by atoms with van der Waals surface area (Å²) in [6, 6.07) is 16.3. The number of nitrogens with one attached hydrogen (secondary N) is 1. The van der Waals surface area contributed by atoms with Gasteiger partial charge in [0.15, 0.2) is 0 Å². The SMILES string of the molecule is CC(NC(=O)c1ccc(CN2C(=O)CCC2=O)cc1)c1cc2ccccc2o1. The van der Waals surface area contributed by atoms with Gasteiger partial charge in [0, 0.05) is 23.8 Å². The lowest BCUT2D eigenvalue weighted by Crippen LogP contribution is -2.28. The van der Waals surface area contributed by atoms with Crippen LogP contribution in [0, 0.1) is 0 Å². The molecule has 0 aliphatic carbocycles. The van der Waals surface area contributed by atoms with Crippen molar-refractivity contribution in [3.8, 4) is 0 Å². The molecule has 1 aliphatic heterocycles. The summed E-state index contributed by atoms with van der Waals surface area (Å²) in [4.78, 5) is 37.2. The highest BCUT2D eigenvalue weighted by molar-refractivity contribution is 6.01. The fourth-order valence-electron chi connectivity index (χ4n) is 3.31. The molecule has 142 valence electrons. The number of amides is 3. The van der Waals surface area contributed by atoms with Crippen molar-refractivity contribution in [3.63, 3.8) is 0 Å². The number of para-hydroxylation sites is 1. The molecule has 1 aliphatic rings. The van der Waals surface area contributed by atoms with Crippen LogP contribution in [-0.2, 0) is 16.1 Å². The van der Waals surface area contributed by atoms with E-state index in [4.69, 9.17) is 4.42 Å². The van der Waals surface area contributed by atoms with Crippen LogP contribution in [0.1, 0.15) is 47.5 Å². The lowest BCUT2D eigenvalue weighted by molar-refractivity contribution is -0.139. The molecule has 0 spiro atoms. The molecular weight excluding hydrogens is 356 g/mol. The van der Waals surface area contributed by atoms with Crippen LogP contribution in [0.3, 0.4) is 0 Å². The first kappa shape index (κ1) is 18.0. The number of likely N-dealkylation sites (tertiary alicyclic amines) is 1. The Morgan fingerprint density at radius 3 is 2.43 bits per heavy atom. The average molecular weight is 376 g/mol. The topological polar surface area (TPSA) is 79.6 Å². The van der Waals surface area contributed by atoms with E-state index in [1.807, 2.05) is 37.3 Å². The fourth-order valence-corrected chi connectivity index (χ4v) is 3.31. The third-order valence-electron chi connectivity index (χ3n) is 4.93. The van der Waals surface area contributed by atoms with E-state index in [1.54, 1.807) is 24.3 Å². The van der Waals surface area contributed by atoms with E-state index in [9.17, 15) is 14.4 Å². The van der Waals surface area contributed by atoms with Gasteiger partial charge in [0.25, 0.3) is 5.91 Å². The highest BCUT2D eigenvalue weighted by Gasteiger charge is 2.28. The zero-order valence-corrected chi connectivity index (χ0v) is 15.5. The summed E-state index contributed by atoms with van der Waals surface area (Å²) in [5.41, 5.74) is 2.10. The summed E-state index contributed by atoms with van der Waals surface area (Å²) in [5.74, 6) is 0.183. The predicted molar refractivity (Wildman–Crippen MR) is 103 cm³/mol. The first-order valence-electron chi connectivity index (χ1n) is 9.23. The summed E-state index contributed by atoms with van der Waals surface area (Å²) < 4.78 is 5.80. The monoisotopic (exact) mass is 376 g/mol. The number of hydrogen-bond acceptors (Lipinski definition) is 4. The quantitative estimate of drug-likeness (QED) is 0.691. The van der Waals surface area contributed by atoms with Gasteiger partial charge in [-0.25, -0.2) is 0 Å². The summed E-state index contributed by atoms with van der Waals surface area (Å²) in [6.45, 7) is 2.11. The van der Waals surface area contributed by atoms with Crippen LogP contribution in [0.15, 0.2) is 59.0 Å². The van der Waals surface area contributed by atoms with Gasteiger partial charge in [-0.15, -0.1) is 0 Å². The molecule has 28 heavy (non-hydrogen) atoms. The van der Waals surface area contributed by atoms with Crippen molar-refractivity contribution in [1.82, 2.24) is 10.2 Å². The number of nitrogens with zero attached hydrogens (tertiary/aromatic N) is 1. The van der Waals surface area contributed by atoms with Crippen LogP contribution in [0.25, 0.3) is 11.0 Å². The van der Waals surface area contributed by atoms with Crippen molar-refractivity contribution in [2.45, 2.75) is 32.4 Å². The Morgan fingerprint density at radius 1 is 1.07 bits per heavy atom. The second-order valence-corrected chi connectivity index (χ2v) is 6.95. The minimum absolute atomic E-state index is 0.147. The van der Waals surface area contributed by atoms with Gasteiger partial charge < -0.3 is 9.73 Å². The van der Waals surface area contributed by atoms with E-state index in [0.29, 0.717) is 11.3 Å². The molecule has 4 rings (SSSR count). The third kappa shape index (κ3) is 3.53. The minimum Gasteiger partial charge on any atom is -0.459 e. The number of rotatable bonds is 5. The Labute approximate surface area is 162 Å². The second-order valence-electron chi connectivity index (χ2n) is 6.95. The molecule has 6 nitrogen and oxygen atoms in total. The van der Waals surface area contributed by atoms with Crippen LogP contribution in [0.2, 0.25) is 0 Å². The predicted octanol–water partition coefficient (Wildman–Crippen LogP) is 3.57. The highest BCUT2D eigenvalue weighted by Crippen LogP contribution is 2.24. The van der Waals surface area contributed by atoms with Gasteiger partial charge in [0.2, 0.25) is 11.8 Å². The molecule has 1 atom stereocenters. The summed E-state index contributed by atoms with van der Waals surface area (Å²) >= 11 is 0. The Morgan fingerprint density at radius 2 is 1.75 bits per heavy atom. The first-order valence-corrected chi connectivity index (χ1v) is 9.23. The molecular formula is C22H20N2O4. The first-order chi connectivity index (χ1) is 13.5. The Bertz CT molecular complexity index is 1000. The zero-order chi connectivity index (χ0) is 19.7. The Kier molecular flexibility index (Phi) is 4.69. The molecule has 1 N–H and O–H groups in total. The molecule has 0 bridgehead atoms. The van der Waals surface area contributed by atoms with Gasteiger partial charge in [-0.05, 0) is 36.8 Å². The fraction of sp³-hybridized carbons (Fsp3) is 0.227. The van der Waals surface area contributed by atoms with Gasteiger partial charge in [-0.3, -0.25) is 19.3 Å². The van der Waals surface area contributed by atoms with Gasteiger partial charge >= 0.3 is 0 Å². The van der Waals surface area contributed by atoms with Gasteiger partial charge in [0.1, 0.15) is 11.3 Å². The maximum atomic E-state index is 12.5. The third-order valence-corrected chi connectivity index (χ3v) is 4.93. The number of carbonyl (C=O) groups is 3. The van der Waals surface area contributed by atoms with Crippen molar-refractivity contribution >= 4 is 28.7 Å². The maximum absolute atomic E-state index is 12.5. The lowest BCUT2D eigenvalue weighted by Gasteiger charge is -2.14. The number of hydrogen-bond donors (Lipinski definition) is 1. The number of imide groups is 1. The van der Waals surface area contributed by atoms with E-state index in [-0.39, 0.29) is 43.1 Å². The van der Waals surface area contributed by atoms with Crippen LogP contribution in [0.5, 0.6) is 0 Å². The van der Waals surface area contributed by atoms with Crippen molar-refractivity contribution < 1.29 is 18.8 Å². The van der Waals surface area contributed by atoms with Gasteiger partial charge in [-0.2, -0.15) is 0 Å². The summed E-state index contributed by atoms with van der Waals surface area (Å²) in [7, 11) is 0. The van der Waals surface area contributed by atoms with E-state index >= 15 is 0 Å². The van der Waals surface area contributed by atoms with Crippen molar-refractivity contribution in [3.05, 3.63) is 71.5 Å². The van der Waals surface area contributed by atoms with Crippen LogP contribution in [0.4, 0.5) is 0 Å². The summed E-state index contributed by atoms with van der Waals surface area (Å²) in [6.07, 6.45) is 0.554. The lowest BCUT2D eigenvalue weighted by atomic mass is 10.1. The van der Waals surface area contributed by atoms with Crippen LogP contribution in [-0.4, -0.2) is 22.6 Å². The Hall–Kier alpha value is -3.41. The van der Waals surface area contributed by atoms with E-state index in [1.165, 1.54) is 4.90 Å². The number of furan rings is 1. The van der Waals surface area contributed by atoms with Crippen LogP contribution < -0.4 is 5.32 Å². The van der Waals surface area contributed by atoms with Gasteiger partial charge in [0.05, 0.1) is 12.6 Å². The molecule has 1 saturated heterocycles. The van der Waals surface area contributed by atoms with Crippen LogP contribution >= 0.6 is 0 Å². The van der Waals surface area contributed by atoms with Gasteiger partial charge in [-0.1, -0.05) is 30.3 Å². The summed E-state index contributed by atoms with van der Waals surface area (Å²) in [5, 5.41) is 3.92.